The molecule has 0 radical (unpaired) electrons. The van der Waals surface area contributed by atoms with Crippen LogP contribution in [-0.4, -0.2) is 48.8 Å². The van der Waals surface area contributed by atoms with E-state index in [-0.39, 0.29) is 0 Å². The maximum absolute atomic E-state index is 2.54. The lowest BCUT2D eigenvalue weighted by atomic mass is 10.3. The lowest BCUT2D eigenvalue weighted by molar-refractivity contribution is -0.920. The largest absolute Gasteiger partial charge is 0.310 e. The molecule has 1 heterocycles. The average Bonchev–Trinajstić information content (AvgIpc) is 2.29. The zero-order valence-electron chi connectivity index (χ0n) is 8.30. The molecule has 0 aromatic carbocycles. The number of likely N-dealkylation sites (N-methyl/N-ethyl adjacent to an activating group) is 2. The van der Waals surface area contributed by atoms with Gasteiger partial charge < -0.3 is 4.48 Å². The second-order valence-electron chi connectivity index (χ2n) is 3.96. The van der Waals surface area contributed by atoms with Crippen LogP contribution in [0, 0.1) is 0 Å². The molecule has 0 saturated carbocycles. The Hall–Kier alpha value is -0.0800. The highest BCUT2D eigenvalue weighted by Gasteiger charge is 2.36. The van der Waals surface area contributed by atoms with E-state index in [4.69, 9.17) is 0 Å². The molecule has 1 rings (SSSR count). The molecule has 1 aliphatic heterocycles. The number of quaternary nitrogens is 1. The topological polar surface area (TPSA) is 3.24 Å². The molecule has 1 unspecified atom stereocenters. The normalized spacial score (nSPS) is 39.8. The highest BCUT2D eigenvalue weighted by molar-refractivity contribution is 4.66. The number of hydrogen-bond donors (Lipinski definition) is 0. The third-order valence-corrected chi connectivity index (χ3v) is 3.28. The first-order chi connectivity index (χ1) is 5.12. The van der Waals surface area contributed by atoms with Crippen LogP contribution in [0.2, 0.25) is 0 Å². The van der Waals surface area contributed by atoms with Gasteiger partial charge in [-0.05, 0) is 13.8 Å². The minimum atomic E-state index is 0.819. The minimum Gasteiger partial charge on any atom is -0.310 e. The van der Waals surface area contributed by atoms with Crippen molar-refractivity contribution in [2.45, 2.75) is 26.8 Å². The van der Waals surface area contributed by atoms with Gasteiger partial charge in [-0.15, -0.1) is 0 Å². The molecule has 2 atom stereocenters. The van der Waals surface area contributed by atoms with Gasteiger partial charge in [0.1, 0.15) is 12.7 Å². The zero-order chi connectivity index (χ0) is 8.48. The van der Waals surface area contributed by atoms with Crippen LogP contribution in [0.25, 0.3) is 0 Å². The molecule has 2 nitrogen and oxygen atoms in total. The van der Waals surface area contributed by atoms with Crippen LogP contribution in [0.1, 0.15) is 20.8 Å². The Kier molecular flexibility index (Phi) is 2.55. The van der Waals surface area contributed by atoms with Crippen LogP contribution in [0.4, 0.5) is 0 Å². The zero-order valence-corrected chi connectivity index (χ0v) is 8.30. The molecule has 66 valence electrons. The molecule has 2 heteroatoms. The Morgan fingerprint density at radius 3 is 2.36 bits per heavy atom. The predicted molar refractivity (Wildman–Crippen MR) is 48.3 cm³/mol. The van der Waals surface area contributed by atoms with Gasteiger partial charge in [0, 0.05) is 6.54 Å². The minimum absolute atomic E-state index is 0.819. The molecule has 0 amide bonds. The maximum Gasteiger partial charge on any atom is 0.135 e. The maximum atomic E-state index is 2.54. The van der Waals surface area contributed by atoms with Crippen LogP contribution in [0.15, 0.2) is 0 Å². The van der Waals surface area contributed by atoms with Gasteiger partial charge in [0.05, 0.1) is 20.1 Å². The van der Waals surface area contributed by atoms with Crippen LogP contribution in [0.5, 0.6) is 0 Å². The standard InChI is InChI=1S/C9H21N2/c1-5-10-7-9(3)11(4,6-2)8-10/h9H,5-8H2,1-4H3/q+1/t9?,11-/m0/s1. The fourth-order valence-corrected chi connectivity index (χ4v) is 1.87. The van der Waals surface area contributed by atoms with Crippen LogP contribution in [-0.2, 0) is 0 Å². The van der Waals surface area contributed by atoms with E-state index in [0.29, 0.717) is 0 Å². The fourth-order valence-electron chi connectivity index (χ4n) is 1.87. The summed E-state index contributed by atoms with van der Waals surface area (Å²) in [5.41, 5.74) is 0. The molecule has 1 saturated heterocycles. The quantitative estimate of drug-likeness (QED) is 0.543. The lowest BCUT2D eigenvalue weighted by Crippen LogP contribution is -2.47. The van der Waals surface area contributed by atoms with Crippen molar-refractivity contribution in [2.24, 2.45) is 0 Å². The summed E-state index contributed by atoms with van der Waals surface area (Å²) in [5.74, 6) is 0. The van der Waals surface area contributed by atoms with Crippen molar-refractivity contribution >= 4 is 0 Å². The molecule has 11 heavy (non-hydrogen) atoms. The molecule has 0 aromatic rings. The molecule has 1 aliphatic rings. The van der Waals surface area contributed by atoms with E-state index in [1.807, 2.05) is 0 Å². The van der Waals surface area contributed by atoms with Crippen molar-refractivity contribution < 1.29 is 4.48 Å². The van der Waals surface area contributed by atoms with E-state index in [9.17, 15) is 0 Å². The molecule has 1 fully saturated rings. The van der Waals surface area contributed by atoms with E-state index in [2.05, 4.69) is 32.7 Å². The lowest BCUT2D eigenvalue weighted by Gasteiger charge is -2.32. The van der Waals surface area contributed by atoms with Gasteiger partial charge in [0.25, 0.3) is 0 Å². The Morgan fingerprint density at radius 2 is 2.09 bits per heavy atom. The summed E-state index contributed by atoms with van der Waals surface area (Å²) in [7, 11) is 2.36. The monoisotopic (exact) mass is 157 g/mol. The molecule has 0 spiro atoms. The molecular formula is C9H21N2+. The van der Waals surface area contributed by atoms with Crippen molar-refractivity contribution in [1.82, 2.24) is 4.90 Å². The first kappa shape index (κ1) is 9.01. The van der Waals surface area contributed by atoms with Gasteiger partial charge >= 0.3 is 0 Å². The molecule has 0 bridgehead atoms. The summed E-state index contributed by atoms with van der Waals surface area (Å²) in [4.78, 5) is 2.54. The molecule has 0 N–H and O–H groups in total. The van der Waals surface area contributed by atoms with E-state index < -0.39 is 0 Å². The summed E-state index contributed by atoms with van der Waals surface area (Å²) >= 11 is 0. The van der Waals surface area contributed by atoms with Crippen LogP contribution >= 0.6 is 0 Å². The summed E-state index contributed by atoms with van der Waals surface area (Å²) in [6, 6.07) is 0.819. The summed E-state index contributed by atoms with van der Waals surface area (Å²) in [5, 5.41) is 0. The van der Waals surface area contributed by atoms with Gasteiger partial charge in [0.15, 0.2) is 0 Å². The third-order valence-electron chi connectivity index (χ3n) is 3.28. The Morgan fingerprint density at radius 1 is 1.45 bits per heavy atom. The second-order valence-corrected chi connectivity index (χ2v) is 3.96. The number of hydrogen-bond acceptors (Lipinski definition) is 1. The van der Waals surface area contributed by atoms with Crippen molar-refractivity contribution in [1.29, 1.82) is 0 Å². The van der Waals surface area contributed by atoms with Gasteiger partial charge in [-0.25, -0.2) is 0 Å². The van der Waals surface area contributed by atoms with Crippen molar-refractivity contribution in [3.8, 4) is 0 Å². The second kappa shape index (κ2) is 3.11. The summed E-state index contributed by atoms with van der Waals surface area (Å²) < 4.78 is 1.23. The molecule has 0 aliphatic carbocycles. The van der Waals surface area contributed by atoms with Crippen molar-refractivity contribution in [3.05, 3.63) is 0 Å². The number of rotatable bonds is 2. The third kappa shape index (κ3) is 1.57. The predicted octanol–water partition coefficient (Wildman–Crippen LogP) is 1.13. The van der Waals surface area contributed by atoms with Gasteiger partial charge in [-0.1, -0.05) is 6.92 Å². The van der Waals surface area contributed by atoms with Gasteiger partial charge in [0.2, 0.25) is 0 Å². The fraction of sp³-hybridized carbons (Fsp3) is 1.00. The summed E-state index contributed by atoms with van der Waals surface area (Å²) in [6.07, 6.45) is 0. The van der Waals surface area contributed by atoms with Crippen LogP contribution < -0.4 is 0 Å². The van der Waals surface area contributed by atoms with Crippen LogP contribution in [0.3, 0.4) is 0 Å². The first-order valence-corrected chi connectivity index (χ1v) is 4.69. The van der Waals surface area contributed by atoms with E-state index >= 15 is 0 Å². The van der Waals surface area contributed by atoms with Crippen molar-refractivity contribution in [3.63, 3.8) is 0 Å². The number of nitrogens with zero attached hydrogens (tertiary/aromatic N) is 2. The Labute approximate surface area is 70.4 Å². The van der Waals surface area contributed by atoms with Gasteiger partial charge in [-0.2, -0.15) is 0 Å². The Bertz CT molecular complexity index is 136. The smallest absolute Gasteiger partial charge is 0.135 e. The highest BCUT2D eigenvalue weighted by Crippen LogP contribution is 2.19. The van der Waals surface area contributed by atoms with Gasteiger partial charge in [-0.3, -0.25) is 4.90 Å². The Balaban J connectivity index is 2.57. The van der Waals surface area contributed by atoms with Crippen molar-refractivity contribution in [2.75, 3.05) is 33.4 Å². The molecular weight excluding hydrogens is 136 g/mol. The SMILES string of the molecule is CCN1CC(C)[N@@+](C)(CC)C1. The van der Waals surface area contributed by atoms with E-state index in [0.717, 1.165) is 6.04 Å². The highest BCUT2D eigenvalue weighted by atomic mass is 15.5. The first-order valence-electron chi connectivity index (χ1n) is 4.69. The van der Waals surface area contributed by atoms with E-state index in [1.165, 1.54) is 30.8 Å². The average molecular weight is 157 g/mol. The molecule has 0 aromatic heterocycles. The summed E-state index contributed by atoms with van der Waals surface area (Å²) in [6.45, 7) is 11.9. The van der Waals surface area contributed by atoms with E-state index in [1.54, 1.807) is 0 Å².